The number of nitrogens with zero attached hydrogens (tertiary/aromatic N) is 2. The zero-order valence-corrected chi connectivity index (χ0v) is 9.14. The van der Waals surface area contributed by atoms with Crippen LogP contribution in [-0.4, -0.2) is 9.97 Å². The summed E-state index contributed by atoms with van der Waals surface area (Å²) in [5.41, 5.74) is 3.35. The molecule has 0 fully saturated rings. The van der Waals surface area contributed by atoms with Gasteiger partial charge in [-0.25, -0.2) is 4.98 Å². The van der Waals surface area contributed by atoms with Gasteiger partial charge in [0, 0.05) is 11.6 Å². The first-order valence-corrected chi connectivity index (χ1v) is 5.55. The highest BCUT2D eigenvalue weighted by atomic mass is 32.1. The van der Waals surface area contributed by atoms with Crippen LogP contribution in [0.2, 0.25) is 0 Å². The Hall–Kier alpha value is -1.22. The van der Waals surface area contributed by atoms with Crippen LogP contribution in [0.15, 0.2) is 23.7 Å². The van der Waals surface area contributed by atoms with Gasteiger partial charge in [0.2, 0.25) is 0 Å². The number of rotatable bonds is 2. The lowest BCUT2D eigenvalue weighted by Gasteiger charge is -1.96. The molecule has 0 aliphatic rings. The number of hydrogen-bond donors (Lipinski definition) is 0. The number of hydrogen-bond acceptors (Lipinski definition) is 3. The Balaban J connectivity index is 2.39. The molecule has 2 rings (SSSR count). The summed E-state index contributed by atoms with van der Waals surface area (Å²) in [5, 5.41) is 3.12. The van der Waals surface area contributed by atoms with Gasteiger partial charge in [-0.15, -0.1) is 11.3 Å². The number of aryl methyl sites for hydroxylation is 2. The van der Waals surface area contributed by atoms with Crippen LogP contribution < -0.4 is 0 Å². The highest BCUT2D eigenvalue weighted by Crippen LogP contribution is 2.22. The zero-order chi connectivity index (χ0) is 9.97. The van der Waals surface area contributed by atoms with E-state index in [1.54, 1.807) is 11.3 Å². The van der Waals surface area contributed by atoms with E-state index in [4.69, 9.17) is 0 Å². The lowest BCUT2D eigenvalue weighted by Crippen LogP contribution is -1.84. The van der Waals surface area contributed by atoms with Crippen molar-refractivity contribution >= 4 is 11.3 Å². The summed E-state index contributed by atoms with van der Waals surface area (Å²) in [6, 6.07) is 4.07. The number of aromatic nitrogens is 2. The van der Waals surface area contributed by atoms with E-state index in [2.05, 4.69) is 35.3 Å². The fourth-order valence-corrected chi connectivity index (χ4v) is 2.11. The van der Waals surface area contributed by atoms with Crippen molar-refractivity contribution in [2.75, 3.05) is 0 Å². The van der Waals surface area contributed by atoms with Crippen LogP contribution in [0.25, 0.3) is 10.7 Å². The maximum Gasteiger partial charge on any atom is 0.142 e. The molecule has 0 spiro atoms. The molecule has 0 N–H and O–H groups in total. The molecule has 0 atom stereocenters. The van der Waals surface area contributed by atoms with Gasteiger partial charge < -0.3 is 0 Å². The topological polar surface area (TPSA) is 25.8 Å². The van der Waals surface area contributed by atoms with E-state index in [0.29, 0.717) is 0 Å². The molecule has 0 unspecified atom stereocenters. The lowest BCUT2D eigenvalue weighted by atomic mass is 10.2. The second-order valence-corrected chi connectivity index (χ2v) is 4.07. The molecule has 0 aliphatic heterocycles. The second-order valence-electron chi connectivity index (χ2n) is 3.22. The van der Waals surface area contributed by atoms with Crippen molar-refractivity contribution in [2.24, 2.45) is 0 Å². The van der Waals surface area contributed by atoms with Crippen molar-refractivity contribution in [2.45, 2.75) is 20.3 Å². The smallest absolute Gasteiger partial charge is 0.142 e. The van der Waals surface area contributed by atoms with Crippen LogP contribution in [-0.2, 0) is 6.42 Å². The first kappa shape index (κ1) is 9.34. The van der Waals surface area contributed by atoms with Crippen molar-refractivity contribution < 1.29 is 0 Å². The highest BCUT2D eigenvalue weighted by Gasteiger charge is 2.04. The molecule has 2 aromatic heterocycles. The summed E-state index contributed by atoms with van der Waals surface area (Å²) in [4.78, 5) is 8.80. The maximum atomic E-state index is 4.50. The monoisotopic (exact) mass is 204 g/mol. The minimum Gasteiger partial charge on any atom is -0.254 e. The first-order chi connectivity index (χ1) is 6.79. The minimum absolute atomic E-state index is 0.981. The van der Waals surface area contributed by atoms with E-state index in [1.165, 1.54) is 5.56 Å². The molecule has 0 radical (unpaired) electrons. The van der Waals surface area contributed by atoms with Gasteiger partial charge in [-0.05, 0) is 31.0 Å². The predicted molar refractivity (Wildman–Crippen MR) is 59.5 cm³/mol. The maximum absolute atomic E-state index is 4.50. The fourth-order valence-electron chi connectivity index (χ4n) is 1.24. The van der Waals surface area contributed by atoms with Crippen LogP contribution in [0, 0.1) is 6.92 Å². The SMILES string of the molecule is CCc1csc(-c2cc(C)ccn2)n1. The third kappa shape index (κ3) is 1.82. The molecule has 0 saturated carbocycles. The van der Waals surface area contributed by atoms with Crippen molar-refractivity contribution in [3.8, 4) is 10.7 Å². The van der Waals surface area contributed by atoms with Gasteiger partial charge in [-0.3, -0.25) is 4.98 Å². The van der Waals surface area contributed by atoms with Gasteiger partial charge in [-0.1, -0.05) is 6.92 Å². The highest BCUT2D eigenvalue weighted by molar-refractivity contribution is 7.13. The third-order valence-corrected chi connectivity index (χ3v) is 2.96. The Morgan fingerprint density at radius 1 is 1.43 bits per heavy atom. The molecule has 14 heavy (non-hydrogen) atoms. The summed E-state index contributed by atoms with van der Waals surface area (Å²) < 4.78 is 0. The number of thiazole rings is 1. The third-order valence-electron chi connectivity index (χ3n) is 2.05. The molecule has 0 aromatic carbocycles. The van der Waals surface area contributed by atoms with Gasteiger partial charge in [0.15, 0.2) is 0 Å². The summed E-state index contributed by atoms with van der Waals surface area (Å²) in [6.45, 7) is 4.18. The van der Waals surface area contributed by atoms with E-state index in [1.807, 2.05) is 12.3 Å². The number of pyridine rings is 1. The molecular formula is C11H12N2S. The largest absolute Gasteiger partial charge is 0.254 e. The standard InChI is InChI=1S/C11H12N2S/c1-3-9-7-14-11(13-9)10-6-8(2)4-5-12-10/h4-7H,3H2,1-2H3. The molecule has 0 aliphatic carbocycles. The second kappa shape index (κ2) is 3.88. The molecular weight excluding hydrogens is 192 g/mol. The molecule has 2 aromatic rings. The van der Waals surface area contributed by atoms with Crippen LogP contribution >= 0.6 is 11.3 Å². The minimum atomic E-state index is 0.981. The Kier molecular flexibility index (Phi) is 2.59. The van der Waals surface area contributed by atoms with E-state index in [0.717, 1.165) is 22.8 Å². The van der Waals surface area contributed by atoms with Gasteiger partial charge in [-0.2, -0.15) is 0 Å². The quantitative estimate of drug-likeness (QED) is 0.751. The summed E-state index contributed by atoms with van der Waals surface area (Å²) >= 11 is 1.66. The first-order valence-electron chi connectivity index (χ1n) is 4.67. The van der Waals surface area contributed by atoms with Gasteiger partial charge in [0.25, 0.3) is 0 Å². The van der Waals surface area contributed by atoms with Gasteiger partial charge in [0.05, 0.1) is 11.4 Å². The molecule has 72 valence electrons. The van der Waals surface area contributed by atoms with E-state index >= 15 is 0 Å². The van der Waals surface area contributed by atoms with E-state index < -0.39 is 0 Å². The Morgan fingerprint density at radius 3 is 2.93 bits per heavy atom. The van der Waals surface area contributed by atoms with Crippen LogP contribution in [0.5, 0.6) is 0 Å². The molecule has 3 heteroatoms. The van der Waals surface area contributed by atoms with Crippen LogP contribution in [0.1, 0.15) is 18.2 Å². The van der Waals surface area contributed by atoms with Crippen molar-refractivity contribution in [3.63, 3.8) is 0 Å². The predicted octanol–water partition coefficient (Wildman–Crippen LogP) is 3.08. The summed E-state index contributed by atoms with van der Waals surface area (Å²) in [7, 11) is 0. The Bertz CT molecular complexity index is 434. The van der Waals surface area contributed by atoms with Gasteiger partial charge in [0.1, 0.15) is 5.01 Å². The van der Waals surface area contributed by atoms with Crippen LogP contribution in [0.4, 0.5) is 0 Å². The Labute approximate surface area is 87.7 Å². The zero-order valence-electron chi connectivity index (χ0n) is 8.32. The Morgan fingerprint density at radius 2 is 2.29 bits per heavy atom. The van der Waals surface area contributed by atoms with Crippen LogP contribution in [0.3, 0.4) is 0 Å². The molecule has 2 heterocycles. The summed E-state index contributed by atoms with van der Waals surface area (Å²) in [5.74, 6) is 0. The van der Waals surface area contributed by atoms with E-state index in [9.17, 15) is 0 Å². The molecule has 0 saturated heterocycles. The summed E-state index contributed by atoms with van der Waals surface area (Å²) in [6.07, 6.45) is 2.82. The van der Waals surface area contributed by atoms with Crippen molar-refractivity contribution in [1.82, 2.24) is 9.97 Å². The van der Waals surface area contributed by atoms with Crippen molar-refractivity contribution in [3.05, 3.63) is 35.0 Å². The van der Waals surface area contributed by atoms with E-state index in [-0.39, 0.29) is 0 Å². The average Bonchev–Trinajstić information content (AvgIpc) is 2.66. The van der Waals surface area contributed by atoms with Crippen molar-refractivity contribution in [1.29, 1.82) is 0 Å². The van der Waals surface area contributed by atoms with Gasteiger partial charge >= 0.3 is 0 Å². The average molecular weight is 204 g/mol. The molecule has 2 nitrogen and oxygen atoms in total. The fraction of sp³-hybridized carbons (Fsp3) is 0.273. The lowest BCUT2D eigenvalue weighted by molar-refractivity contribution is 1.06. The normalized spacial score (nSPS) is 10.4. The molecule has 0 amide bonds. The molecule has 0 bridgehead atoms.